The molecular weight excluding hydrogens is 393 g/mol. The first-order chi connectivity index (χ1) is 13.5. The van der Waals surface area contributed by atoms with Gasteiger partial charge in [0, 0.05) is 31.3 Å². The summed E-state index contributed by atoms with van der Waals surface area (Å²) in [7, 11) is 0. The van der Waals surface area contributed by atoms with Gasteiger partial charge in [-0.1, -0.05) is 13.8 Å². The highest BCUT2D eigenvalue weighted by atomic mass is 19.4. The third-order valence-electron chi connectivity index (χ3n) is 4.69. The van der Waals surface area contributed by atoms with Crippen LogP contribution in [0.5, 0.6) is 0 Å². The van der Waals surface area contributed by atoms with E-state index in [9.17, 15) is 18.0 Å². The van der Waals surface area contributed by atoms with Crippen LogP contribution in [0, 0.1) is 5.92 Å². The Kier molecular flexibility index (Phi) is 7.59. The lowest BCUT2D eigenvalue weighted by Crippen LogP contribution is -2.67. The molecule has 2 aliphatic rings. The molecule has 1 N–H and O–H groups in total. The number of aliphatic carboxylic acids is 1. The van der Waals surface area contributed by atoms with E-state index in [0.29, 0.717) is 26.3 Å². The topological polar surface area (TPSA) is 89.0 Å². The van der Waals surface area contributed by atoms with Crippen molar-refractivity contribution in [1.29, 1.82) is 0 Å². The summed E-state index contributed by atoms with van der Waals surface area (Å²) >= 11 is 0. The van der Waals surface area contributed by atoms with Crippen molar-refractivity contribution in [1.82, 2.24) is 9.88 Å². The number of aromatic nitrogens is 1. The average molecular weight is 418 g/mol. The second kappa shape index (κ2) is 9.53. The summed E-state index contributed by atoms with van der Waals surface area (Å²) < 4.78 is 43.7. The molecule has 7 nitrogen and oxygen atoms in total. The minimum absolute atomic E-state index is 0.0553. The van der Waals surface area contributed by atoms with Crippen molar-refractivity contribution in [3.63, 3.8) is 0 Å². The summed E-state index contributed by atoms with van der Waals surface area (Å²) in [6.07, 6.45) is 0.486. The fourth-order valence-electron chi connectivity index (χ4n) is 3.21. The van der Waals surface area contributed by atoms with Gasteiger partial charge < -0.3 is 19.5 Å². The summed E-state index contributed by atoms with van der Waals surface area (Å²) in [5, 5.41) is 7.12. The summed E-state index contributed by atoms with van der Waals surface area (Å²) in [4.78, 5) is 26.8. The van der Waals surface area contributed by atoms with Crippen molar-refractivity contribution in [2.45, 2.75) is 51.2 Å². The molecule has 1 aromatic rings. The van der Waals surface area contributed by atoms with Gasteiger partial charge >= 0.3 is 12.1 Å². The number of pyridine rings is 1. The summed E-state index contributed by atoms with van der Waals surface area (Å²) in [5.74, 6) is -2.48. The number of nitrogens with zero attached hydrogens (tertiary/aromatic N) is 2. The number of alkyl halides is 3. The number of carboxylic acid groups (broad SMARTS) is 1. The van der Waals surface area contributed by atoms with Crippen molar-refractivity contribution >= 4 is 11.9 Å². The number of carboxylic acids is 1. The monoisotopic (exact) mass is 418 g/mol. The van der Waals surface area contributed by atoms with E-state index in [-0.39, 0.29) is 23.5 Å². The van der Waals surface area contributed by atoms with Crippen molar-refractivity contribution < 1.29 is 37.3 Å². The van der Waals surface area contributed by atoms with Gasteiger partial charge in [-0.05, 0) is 24.1 Å². The Labute approximate surface area is 166 Å². The van der Waals surface area contributed by atoms with Crippen LogP contribution in [0.2, 0.25) is 0 Å². The number of rotatable bonds is 4. The van der Waals surface area contributed by atoms with Gasteiger partial charge in [0.25, 0.3) is 0 Å². The molecule has 1 amide bonds. The lowest BCUT2D eigenvalue weighted by Gasteiger charge is -2.53. The summed E-state index contributed by atoms with van der Waals surface area (Å²) in [6.45, 7) is 6.62. The zero-order chi connectivity index (χ0) is 21.7. The largest absolute Gasteiger partial charge is 0.490 e. The molecule has 0 bridgehead atoms. The van der Waals surface area contributed by atoms with Crippen LogP contribution in [-0.4, -0.2) is 64.4 Å². The van der Waals surface area contributed by atoms with Crippen LogP contribution in [0.3, 0.4) is 0 Å². The average Bonchev–Trinajstić information content (AvgIpc) is 2.64. The van der Waals surface area contributed by atoms with Gasteiger partial charge in [-0.3, -0.25) is 9.78 Å². The standard InChI is InChI=1S/C17H24N2O3.C2HF3O2/c1-13(2)16(20)19-11-17(12-19)9-15(5-8-22-17)21-10-14-3-6-18-7-4-14;3-2(4,5)1(6)7/h3-4,6-7,13,15H,5,8-12H2,1-2H3;(H,6,7). The minimum atomic E-state index is -5.08. The molecule has 1 unspecified atom stereocenters. The first kappa shape index (κ1) is 23.1. The maximum atomic E-state index is 12.0. The quantitative estimate of drug-likeness (QED) is 0.809. The third kappa shape index (κ3) is 6.67. The Morgan fingerprint density at radius 2 is 1.93 bits per heavy atom. The van der Waals surface area contributed by atoms with E-state index >= 15 is 0 Å². The number of halogens is 3. The maximum absolute atomic E-state index is 12.0. The Hall–Kier alpha value is -2.20. The van der Waals surface area contributed by atoms with Crippen LogP contribution in [-0.2, 0) is 25.7 Å². The van der Waals surface area contributed by atoms with Gasteiger partial charge in [0.15, 0.2) is 0 Å². The molecule has 29 heavy (non-hydrogen) atoms. The van der Waals surface area contributed by atoms with Gasteiger partial charge in [-0.15, -0.1) is 0 Å². The summed E-state index contributed by atoms with van der Waals surface area (Å²) in [6, 6.07) is 3.95. The first-order valence-electron chi connectivity index (χ1n) is 9.26. The smallest absolute Gasteiger partial charge is 0.475 e. The van der Waals surface area contributed by atoms with E-state index in [0.717, 1.165) is 18.4 Å². The number of carbonyl (C=O) groups excluding carboxylic acids is 1. The molecule has 1 spiro atoms. The van der Waals surface area contributed by atoms with E-state index in [2.05, 4.69) is 4.98 Å². The number of hydrogen-bond acceptors (Lipinski definition) is 5. The molecule has 3 rings (SSSR count). The van der Waals surface area contributed by atoms with E-state index in [1.807, 2.05) is 30.9 Å². The molecule has 2 fully saturated rings. The number of amides is 1. The molecule has 0 aromatic carbocycles. The van der Waals surface area contributed by atoms with Gasteiger partial charge in [0.05, 0.1) is 25.8 Å². The molecule has 2 saturated heterocycles. The molecular formula is C19H25F3N2O5. The highest BCUT2D eigenvalue weighted by Crippen LogP contribution is 2.36. The second-order valence-electron chi connectivity index (χ2n) is 7.46. The highest BCUT2D eigenvalue weighted by molar-refractivity contribution is 5.79. The van der Waals surface area contributed by atoms with Crippen LogP contribution >= 0.6 is 0 Å². The number of hydrogen-bond donors (Lipinski definition) is 1. The SMILES string of the molecule is CC(C)C(=O)N1CC2(CC(OCc3ccncc3)CCO2)C1.O=C(O)C(F)(F)F. The van der Waals surface area contributed by atoms with E-state index < -0.39 is 12.1 Å². The predicted octanol–water partition coefficient (Wildman–Crippen LogP) is 2.65. The zero-order valence-electron chi connectivity index (χ0n) is 16.3. The fourth-order valence-corrected chi connectivity index (χ4v) is 3.21. The molecule has 2 aliphatic heterocycles. The van der Waals surface area contributed by atoms with Gasteiger partial charge in [-0.2, -0.15) is 13.2 Å². The predicted molar refractivity (Wildman–Crippen MR) is 95.8 cm³/mol. The van der Waals surface area contributed by atoms with Crippen LogP contribution in [0.4, 0.5) is 13.2 Å². The maximum Gasteiger partial charge on any atom is 0.490 e. The molecule has 10 heteroatoms. The molecule has 0 saturated carbocycles. The Balaban J connectivity index is 0.000000370. The van der Waals surface area contributed by atoms with Crippen LogP contribution < -0.4 is 0 Å². The van der Waals surface area contributed by atoms with Crippen molar-refractivity contribution in [2.24, 2.45) is 5.92 Å². The molecule has 1 atom stereocenters. The lowest BCUT2D eigenvalue weighted by molar-refractivity contribution is -0.204. The van der Waals surface area contributed by atoms with Crippen LogP contribution in [0.15, 0.2) is 24.5 Å². The van der Waals surface area contributed by atoms with Crippen LogP contribution in [0.25, 0.3) is 0 Å². The van der Waals surface area contributed by atoms with Crippen molar-refractivity contribution in [3.05, 3.63) is 30.1 Å². The van der Waals surface area contributed by atoms with Gasteiger partial charge in [0.1, 0.15) is 5.60 Å². The second-order valence-corrected chi connectivity index (χ2v) is 7.46. The molecule has 162 valence electrons. The fraction of sp³-hybridized carbons (Fsp3) is 0.632. The molecule has 0 aliphatic carbocycles. The lowest BCUT2D eigenvalue weighted by atomic mass is 9.84. The number of carbonyl (C=O) groups is 2. The number of likely N-dealkylation sites (tertiary alicyclic amines) is 1. The molecule has 3 heterocycles. The highest BCUT2D eigenvalue weighted by Gasteiger charge is 2.49. The zero-order valence-corrected chi connectivity index (χ0v) is 16.3. The Morgan fingerprint density at radius 3 is 2.45 bits per heavy atom. The van der Waals surface area contributed by atoms with Gasteiger partial charge in [-0.25, -0.2) is 4.79 Å². The number of ether oxygens (including phenoxy) is 2. The first-order valence-corrected chi connectivity index (χ1v) is 9.26. The van der Waals surface area contributed by atoms with Crippen molar-refractivity contribution in [3.8, 4) is 0 Å². The minimum Gasteiger partial charge on any atom is -0.475 e. The third-order valence-corrected chi connectivity index (χ3v) is 4.69. The Bertz CT molecular complexity index is 691. The normalized spacial score (nSPS) is 20.6. The van der Waals surface area contributed by atoms with Crippen molar-refractivity contribution in [2.75, 3.05) is 19.7 Å². The Morgan fingerprint density at radius 1 is 1.34 bits per heavy atom. The van der Waals surface area contributed by atoms with Crippen LogP contribution in [0.1, 0.15) is 32.3 Å². The molecule has 0 radical (unpaired) electrons. The van der Waals surface area contributed by atoms with Gasteiger partial charge in [0.2, 0.25) is 5.91 Å². The summed E-state index contributed by atoms with van der Waals surface area (Å²) in [5.41, 5.74) is 0.965. The van der Waals surface area contributed by atoms with E-state index in [1.54, 1.807) is 12.4 Å². The van der Waals surface area contributed by atoms with E-state index in [1.165, 1.54) is 0 Å². The van der Waals surface area contributed by atoms with E-state index in [4.69, 9.17) is 19.4 Å². The molecule has 1 aromatic heterocycles.